The molecule has 0 spiro atoms. The van der Waals surface area contributed by atoms with Gasteiger partial charge in [-0.1, -0.05) is 483 Å². The van der Waals surface area contributed by atoms with E-state index in [2.05, 4.69) is 19.2 Å². The third-order valence-corrected chi connectivity index (χ3v) is 21.2. The van der Waals surface area contributed by atoms with E-state index in [1.807, 2.05) is 0 Å². The van der Waals surface area contributed by atoms with E-state index in [0.717, 1.165) is 38.5 Å². The van der Waals surface area contributed by atoms with Crippen molar-refractivity contribution in [3.63, 3.8) is 0 Å². The first-order chi connectivity index (χ1) is 46.0. The van der Waals surface area contributed by atoms with Gasteiger partial charge >= 0.3 is 5.97 Å². The standard InChI is InChI=1S/C87H173NO5/c1-3-5-7-9-11-13-15-17-19-21-22-42-45-48-51-55-59-63-67-71-75-79-85(90)84(83-89)88-86(91)80-76-72-68-64-60-56-52-49-46-43-40-38-36-34-32-30-28-26-24-23-25-27-29-31-33-35-37-39-41-44-47-50-54-58-62-66-70-74-78-82-93-87(92)81-77-73-69-65-61-57-53-20-18-16-14-12-10-8-6-4-2/h84-85,89-90H,3-83H2,1-2H3,(H,88,91). The average Bonchev–Trinajstić information content (AvgIpc) is 3.64. The first kappa shape index (κ1) is 91.9. The second-order valence-electron chi connectivity index (χ2n) is 30.6. The molecule has 0 aliphatic carbocycles. The van der Waals surface area contributed by atoms with Crippen LogP contribution in [-0.2, 0) is 14.3 Å². The minimum atomic E-state index is -0.660. The number of amides is 1. The lowest BCUT2D eigenvalue weighted by molar-refractivity contribution is -0.143. The SMILES string of the molecule is CCCCCCCCCCCCCCCCCCCCCCCC(O)C(CO)NC(=O)CCCCCCCCCCCCCCCCCCCCCCCCCCCCCCCCCCCCCCCCCOC(=O)CCCCCCCCCCCCCCCCCC. The van der Waals surface area contributed by atoms with Gasteiger partial charge in [0.1, 0.15) is 0 Å². The van der Waals surface area contributed by atoms with E-state index in [4.69, 9.17) is 4.74 Å². The Morgan fingerprint density at radius 1 is 0.258 bits per heavy atom. The van der Waals surface area contributed by atoms with Crippen LogP contribution < -0.4 is 5.32 Å². The van der Waals surface area contributed by atoms with Crippen molar-refractivity contribution in [2.75, 3.05) is 13.2 Å². The molecule has 0 aromatic rings. The van der Waals surface area contributed by atoms with E-state index in [1.54, 1.807) is 0 Å². The summed E-state index contributed by atoms with van der Waals surface area (Å²) in [5.74, 6) is 0.00682. The summed E-state index contributed by atoms with van der Waals surface area (Å²) in [5.41, 5.74) is 0. The number of ether oxygens (including phenoxy) is 1. The lowest BCUT2D eigenvalue weighted by Crippen LogP contribution is -2.45. The molecule has 6 nitrogen and oxygen atoms in total. The van der Waals surface area contributed by atoms with Gasteiger partial charge < -0.3 is 20.3 Å². The molecule has 0 aromatic carbocycles. The predicted molar refractivity (Wildman–Crippen MR) is 412 cm³/mol. The van der Waals surface area contributed by atoms with Gasteiger partial charge in [-0.25, -0.2) is 0 Å². The molecule has 0 aliphatic heterocycles. The summed E-state index contributed by atoms with van der Waals surface area (Å²) in [6.45, 7) is 5.03. The summed E-state index contributed by atoms with van der Waals surface area (Å²) in [6, 6.07) is -0.537. The second kappa shape index (κ2) is 83.3. The molecule has 1 amide bonds. The summed E-state index contributed by atoms with van der Waals surface area (Å²) >= 11 is 0. The van der Waals surface area contributed by atoms with Gasteiger partial charge in [-0.05, 0) is 25.7 Å². The second-order valence-corrected chi connectivity index (χ2v) is 30.6. The molecule has 0 bridgehead atoms. The maximum absolute atomic E-state index is 12.6. The zero-order valence-corrected chi connectivity index (χ0v) is 64.0. The highest BCUT2D eigenvalue weighted by Crippen LogP contribution is 2.22. The number of carbonyl (C=O) groups is 2. The van der Waals surface area contributed by atoms with Gasteiger partial charge in [-0.15, -0.1) is 0 Å². The largest absolute Gasteiger partial charge is 0.466 e. The van der Waals surface area contributed by atoms with Gasteiger partial charge in [-0.3, -0.25) is 9.59 Å². The van der Waals surface area contributed by atoms with Crippen molar-refractivity contribution in [1.82, 2.24) is 5.32 Å². The lowest BCUT2D eigenvalue weighted by Gasteiger charge is -2.22. The highest BCUT2D eigenvalue weighted by atomic mass is 16.5. The number of hydrogen-bond donors (Lipinski definition) is 3. The lowest BCUT2D eigenvalue weighted by atomic mass is 10.0. The Kier molecular flexibility index (Phi) is 82.3. The molecule has 3 N–H and O–H groups in total. The third kappa shape index (κ3) is 79.7. The van der Waals surface area contributed by atoms with Gasteiger partial charge in [0, 0.05) is 12.8 Å². The van der Waals surface area contributed by atoms with Crippen LogP contribution in [-0.4, -0.2) is 47.4 Å². The van der Waals surface area contributed by atoms with E-state index in [1.165, 1.54) is 449 Å². The fourth-order valence-electron chi connectivity index (χ4n) is 14.5. The van der Waals surface area contributed by atoms with Crippen LogP contribution in [0.25, 0.3) is 0 Å². The fraction of sp³-hybridized carbons (Fsp3) is 0.977. The molecule has 2 atom stereocenters. The van der Waals surface area contributed by atoms with Crippen LogP contribution in [0.4, 0.5) is 0 Å². The smallest absolute Gasteiger partial charge is 0.305 e. The summed E-state index contributed by atoms with van der Waals surface area (Å²) in [7, 11) is 0. The summed E-state index contributed by atoms with van der Waals surface area (Å²) in [4.78, 5) is 24.7. The average molecular weight is 1310 g/mol. The molecule has 0 saturated heterocycles. The van der Waals surface area contributed by atoms with E-state index in [9.17, 15) is 19.8 Å². The van der Waals surface area contributed by atoms with Crippen molar-refractivity contribution in [2.24, 2.45) is 0 Å². The Morgan fingerprint density at radius 2 is 0.441 bits per heavy atom. The predicted octanol–water partition coefficient (Wildman–Crippen LogP) is 29.2. The maximum Gasteiger partial charge on any atom is 0.305 e. The van der Waals surface area contributed by atoms with Crippen molar-refractivity contribution in [2.45, 2.75) is 533 Å². The number of aliphatic hydroxyl groups excluding tert-OH is 2. The van der Waals surface area contributed by atoms with Gasteiger partial charge in [0.15, 0.2) is 0 Å². The molecule has 0 aromatic heterocycles. The van der Waals surface area contributed by atoms with E-state index in [-0.39, 0.29) is 18.5 Å². The van der Waals surface area contributed by atoms with Gasteiger partial charge in [0.05, 0.1) is 25.4 Å². The molecule has 0 radical (unpaired) electrons. The molecule has 556 valence electrons. The first-order valence-corrected chi connectivity index (χ1v) is 43.8. The Balaban J connectivity index is 3.28. The minimum Gasteiger partial charge on any atom is -0.466 e. The van der Waals surface area contributed by atoms with Crippen LogP contribution in [0.1, 0.15) is 521 Å². The number of hydrogen-bond acceptors (Lipinski definition) is 5. The monoisotopic (exact) mass is 1310 g/mol. The number of unbranched alkanes of at least 4 members (excludes halogenated alkanes) is 73. The number of carbonyl (C=O) groups excluding carboxylic acids is 2. The molecule has 0 fully saturated rings. The van der Waals surface area contributed by atoms with Crippen LogP contribution in [0.15, 0.2) is 0 Å². The minimum absolute atomic E-state index is 0.0223. The van der Waals surface area contributed by atoms with Crippen molar-refractivity contribution in [3.8, 4) is 0 Å². The van der Waals surface area contributed by atoms with Gasteiger partial charge in [0.2, 0.25) is 5.91 Å². The number of nitrogens with one attached hydrogen (secondary N) is 1. The van der Waals surface area contributed by atoms with Crippen molar-refractivity contribution >= 4 is 11.9 Å². The van der Waals surface area contributed by atoms with Crippen LogP contribution in [0, 0.1) is 0 Å². The highest BCUT2D eigenvalue weighted by Gasteiger charge is 2.20. The zero-order valence-electron chi connectivity index (χ0n) is 64.0. The molecule has 0 heterocycles. The number of rotatable bonds is 84. The molecule has 6 heteroatoms. The molecule has 0 rings (SSSR count). The fourth-order valence-corrected chi connectivity index (χ4v) is 14.5. The Bertz CT molecular complexity index is 1370. The summed E-state index contributed by atoms with van der Waals surface area (Å²) in [5, 5.41) is 23.5. The van der Waals surface area contributed by atoms with Crippen molar-refractivity contribution < 1.29 is 24.5 Å². The van der Waals surface area contributed by atoms with E-state index in [0.29, 0.717) is 25.9 Å². The summed E-state index contributed by atoms with van der Waals surface area (Å²) < 4.78 is 5.52. The molecule has 0 aliphatic rings. The van der Waals surface area contributed by atoms with E-state index >= 15 is 0 Å². The van der Waals surface area contributed by atoms with Crippen molar-refractivity contribution in [3.05, 3.63) is 0 Å². The Labute approximate surface area is 585 Å². The Hall–Kier alpha value is -1.14. The molecular formula is C87H173NO5. The number of esters is 1. The number of aliphatic hydroxyl groups is 2. The Morgan fingerprint density at radius 3 is 0.656 bits per heavy atom. The van der Waals surface area contributed by atoms with Gasteiger partial charge in [0.25, 0.3) is 0 Å². The molecule has 0 saturated carbocycles. The third-order valence-electron chi connectivity index (χ3n) is 21.2. The first-order valence-electron chi connectivity index (χ1n) is 43.8. The zero-order chi connectivity index (χ0) is 67.0. The topological polar surface area (TPSA) is 95.9 Å². The molecule has 93 heavy (non-hydrogen) atoms. The quantitative estimate of drug-likeness (QED) is 0.0417. The molecular weight excluding hydrogens is 1140 g/mol. The van der Waals surface area contributed by atoms with Crippen LogP contribution in [0.3, 0.4) is 0 Å². The maximum atomic E-state index is 12.6. The van der Waals surface area contributed by atoms with Crippen LogP contribution in [0.5, 0.6) is 0 Å². The van der Waals surface area contributed by atoms with Crippen LogP contribution in [0.2, 0.25) is 0 Å². The molecule has 2 unspecified atom stereocenters. The van der Waals surface area contributed by atoms with Crippen molar-refractivity contribution in [1.29, 1.82) is 0 Å². The van der Waals surface area contributed by atoms with Gasteiger partial charge in [-0.2, -0.15) is 0 Å². The normalized spacial score (nSPS) is 12.3. The van der Waals surface area contributed by atoms with Crippen LogP contribution >= 0.6 is 0 Å². The highest BCUT2D eigenvalue weighted by molar-refractivity contribution is 5.76. The summed E-state index contributed by atoms with van der Waals surface area (Å²) in [6.07, 6.45) is 105. The van der Waals surface area contributed by atoms with E-state index < -0.39 is 12.1 Å².